The Morgan fingerprint density at radius 2 is 1.88 bits per heavy atom. The fourth-order valence-electron chi connectivity index (χ4n) is 3.55. The minimum Gasteiger partial charge on any atom is -0.307 e. The van der Waals surface area contributed by atoms with E-state index in [-0.39, 0.29) is 18.3 Å². The number of rotatable bonds is 3. The first-order valence-corrected chi connectivity index (χ1v) is 8.57. The van der Waals surface area contributed by atoms with Gasteiger partial charge in [0, 0.05) is 30.1 Å². The molecule has 0 bridgehead atoms. The smallest absolute Gasteiger partial charge is 0.237 e. The van der Waals surface area contributed by atoms with E-state index in [0.717, 1.165) is 22.4 Å². The van der Waals surface area contributed by atoms with Gasteiger partial charge >= 0.3 is 0 Å². The molecule has 0 atom stereocenters. The van der Waals surface area contributed by atoms with Gasteiger partial charge in [-0.2, -0.15) is 5.10 Å². The third-order valence-electron chi connectivity index (χ3n) is 5.07. The number of hydrogen-bond donors (Lipinski definition) is 0. The molecule has 5 heteroatoms. The van der Waals surface area contributed by atoms with Crippen LogP contribution in [0.5, 0.6) is 0 Å². The van der Waals surface area contributed by atoms with Gasteiger partial charge in [-0.1, -0.05) is 30.3 Å². The fraction of sp³-hybridized carbons (Fsp3) is 0.238. The molecule has 0 saturated carbocycles. The number of aromatic nitrogens is 2. The fourth-order valence-corrected chi connectivity index (χ4v) is 3.55. The summed E-state index contributed by atoms with van der Waals surface area (Å²) in [6.45, 7) is 4.05. The molecule has 0 radical (unpaired) electrons. The lowest BCUT2D eigenvalue weighted by Gasteiger charge is -2.21. The summed E-state index contributed by atoms with van der Waals surface area (Å²) in [5, 5.41) is 4.12. The SMILES string of the molecule is Cn1cc(-c2ccc(CN3C(=O)C(C)(C)c4ccccc43)c(F)c2)cn1. The highest BCUT2D eigenvalue weighted by molar-refractivity contribution is 6.07. The van der Waals surface area contributed by atoms with E-state index < -0.39 is 5.41 Å². The molecule has 0 N–H and O–H groups in total. The van der Waals surface area contributed by atoms with E-state index in [9.17, 15) is 9.18 Å². The number of fused-ring (bicyclic) bond motifs is 1. The zero-order valence-electron chi connectivity index (χ0n) is 15.0. The minimum absolute atomic E-state index is 0.00515. The van der Waals surface area contributed by atoms with Gasteiger partial charge < -0.3 is 4.90 Å². The summed E-state index contributed by atoms with van der Waals surface area (Å²) in [5.74, 6) is -0.323. The maximum atomic E-state index is 14.7. The molecule has 0 fully saturated rings. The molecular formula is C21H20FN3O. The van der Waals surface area contributed by atoms with Gasteiger partial charge in [0.15, 0.2) is 0 Å². The van der Waals surface area contributed by atoms with Crippen molar-refractivity contribution in [2.24, 2.45) is 7.05 Å². The number of halogens is 1. The van der Waals surface area contributed by atoms with Crippen LogP contribution in [-0.2, 0) is 23.8 Å². The Hall–Kier alpha value is -2.95. The zero-order valence-corrected chi connectivity index (χ0v) is 15.0. The lowest BCUT2D eigenvalue weighted by atomic mass is 9.86. The summed E-state index contributed by atoms with van der Waals surface area (Å²) in [5.41, 5.74) is 3.38. The second-order valence-corrected chi connectivity index (χ2v) is 7.24. The third kappa shape index (κ3) is 2.51. The molecule has 0 saturated heterocycles. The summed E-state index contributed by atoms with van der Waals surface area (Å²) < 4.78 is 16.4. The predicted octanol–water partition coefficient (Wildman–Crippen LogP) is 4.05. The molecule has 1 aromatic heterocycles. The van der Waals surface area contributed by atoms with Crippen molar-refractivity contribution in [2.45, 2.75) is 25.8 Å². The minimum atomic E-state index is -0.595. The number of amides is 1. The van der Waals surface area contributed by atoms with Gasteiger partial charge in [-0.25, -0.2) is 4.39 Å². The van der Waals surface area contributed by atoms with Gasteiger partial charge in [-0.3, -0.25) is 9.48 Å². The molecule has 2 aromatic carbocycles. The number of hydrogen-bond acceptors (Lipinski definition) is 2. The first-order chi connectivity index (χ1) is 12.4. The Morgan fingerprint density at radius 3 is 2.58 bits per heavy atom. The van der Waals surface area contributed by atoms with Crippen molar-refractivity contribution in [1.29, 1.82) is 0 Å². The second-order valence-electron chi connectivity index (χ2n) is 7.24. The Labute approximate surface area is 151 Å². The summed E-state index contributed by atoms with van der Waals surface area (Å²) in [4.78, 5) is 14.6. The van der Waals surface area contributed by atoms with Crippen LogP contribution in [0.3, 0.4) is 0 Å². The average Bonchev–Trinajstić information content (AvgIpc) is 3.13. The summed E-state index contributed by atoms with van der Waals surface area (Å²) >= 11 is 0. The normalized spacial score (nSPS) is 15.4. The van der Waals surface area contributed by atoms with E-state index in [2.05, 4.69) is 5.10 Å². The van der Waals surface area contributed by atoms with Gasteiger partial charge in [0.05, 0.1) is 18.2 Å². The summed E-state index contributed by atoms with van der Waals surface area (Å²) in [6, 6.07) is 12.8. The zero-order chi connectivity index (χ0) is 18.5. The van der Waals surface area contributed by atoms with Crippen LogP contribution in [0, 0.1) is 5.82 Å². The maximum absolute atomic E-state index is 14.7. The standard InChI is InChI=1S/C21H20FN3O/c1-21(2)17-6-4-5-7-19(17)25(20(21)26)13-15-9-8-14(10-18(15)22)16-11-23-24(3)12-16/h4-12H,13H2,1-3H3. The molecule has 1 aliphatic rings. The average molecular weight is 349 g/mol. The molecule has 0 spiro atoms. The van der Waals surface area contributed by atoms with E-state index in [1.807, 2.05) is 57.4 Å². The molecule has 0 unspecified atom stereocenters. The molecule has 3 aromatic rings. The van der Waals surface area contributed by atoms with Gasteiger partial charge in [0.25, 0.3) is 0 Å². The van der Waals surface area contributed by atoms with E-state index >= 15 is 0 Å². The summed E-state index contributed by atoms with van der Waals surface area (Å²) in [6.07, 6.45) is 3.55. The number of anilines is 1. The van der Waals surface area contributed by atoms with Crippen LogP contribution >= 0.6 is 0 Å². The van der Waals surface area contributed by atoms with Crippen molar-refractivity contribution >= 4 is 11.6 Å². The number of para-hydroxylation sites is 1. The number of carbonyl (C=O) groups is 1. The van der Waals surface area contributed by atoms with Crippen molar-refractivity contribution in [2.75, 3.05) is 4.90 Å². The van der Waals surface area contributed by atoms with Crippen molar-refractivity contribution in [3.8, 4) is 11.1 Å². The van der Waals surface area contributed by atoms with E-state index in [4.69, 9.17) is 0 Å². The van der Waals surface area contributed by atoms with Gasteiger partial charge in [-0.15, -0.1) is 0 Å². The number of carbonyl (C=O) groups excluding carboxylic acids is 1. The van der Waals surface area contributed by atoms with Crippen LogP contribution in [0.25, 0.3) is 11.1 Å². The monoisotopic (exact) mass is 349 g/mol. The highest BCUT2D eigenvalue weighted by atomic mass is 19.1. The van der Waals surface area contributed by atoms with Crippen molar-refractivity contribution < 1.29 is 9.18 Å². The highest BCUT2D eigenvalue weighted by Crippen LogP contribution is 2.42. The second kappa shape index (κ2) is 5.80. The van der Waals surface area contributed by atoms with Crippen LogP contribution in [0.1, 0.15) is 25.0 Å². The molecule has 26 heavy (non-hydrogen) atoms. The number of benzene rings is 2. The first-order valence-electron chi connectivity index (χ1n) is 8.57. The molecule has 132 valence electrons. The molecule has 4 rings (SSSR count). The van der Waals surface area contributed by atoms with E-state index in [1.54, 1.807) is 21.8 Å². The van der Waals surface area contributed by atoms with Crippen LogP contribution in [-0.4, -0.2) is 15.7 Å². The molecule has 0 aliphatic carbocycles. The predicted molar refractivity (Wildman–Crippen MR) is 99.3 cm³/mol. The van der Waals surface area contributed by atoms with Crippen LogP contribution < -0.4 is 4.90 Å². The summed E-state index contributed by atoms with van der Waals surface area (Å²) in [7, 11) is 1.83. The quantitative estimate of drug-likeness (QED) is 0.715. The third-order valence-corrected chi connectivity index (χ3v) is 5.07. The van der Waals surface area contributed by atoms with Gasteiger partial charge in [-0.05, 0) is 37.1 Å². The molecule has 2 heterocycles. The lowest BCUT2D eigenvalue weighted by molar-refractivity contribution is -0.122. The highest BCUT2D eigenvalue weighted by Gasteiger charge is 2.43. The molecule has 1 amide bonds. The van der Waals surface area contributed by atoms with Crippen LogP contribution in [0.4, 0.5) is 10.1 Å². The Morgan fingerprint density at radius 1 is 1.12 bits per heavy atom. The first kappa shape index (κ1) is 16.5. The van der Waals surface area contributed by atoms with Crippen LogP contribution in [0.15, 0.2) is 54.9 Å². The van der Waals surface area contributed by atoms with Crippen molar-refractivity contribution in [3.05, 3.63) is 71.8 Å². The van der Waals surface area contributed by atoms with E-state index in [1.165, 1.54) is 6.07 Å². The van der Waals surface area contributed by atoms with Gasteiger partial charge in [0.1, 0.15) is 5.82 Å². The Balaban J connectivity index is 1.67. The lowest BCUT2D eigenvalue weighted by Crippen LogP contribution is -2.35. The van der Waals surface area contributed by atoms with Crippen molar-refractivity contribution in [3.63, 3.8) is 0 Å². The van der Waals surface area contributed by atoms with Gasteiger partial charge in [0.2, 0.25) is 5.91 Å². The molecular weight excluding hydrogens is 329 g/mol. The molecule has 4 nitrogen and oxygen atoms in total. The Bertz CT molecular complexity index is 1010. The maximum Gasteiger partial charge on any atom is 0.237 e. The van der Waals surface area contributed by atoms with Crippen molar-refractivity contribution in [1.82, 2.24) is 9.78 Å². The topological polar surface area (TPSA) is 38.1 Å². The molecule has 1 aliphatic heterocycles. The van der Waals surface area contributed by atoms with E-state index in [0.29, 0.717) is 5.56 Å². The largest absolute Gasteiger partial charge is 0.307 e. The number of nitrogens with zero attached hydrogens (tertiary/aromatic N) is 3. The number of aryl methyl sites for hydroxylation is 1. The van der Waals surface area contributed by atoms with Crippen LogP contribution in [0.2, 0.25) is 0 Å². The Kier molecular flexibility index (Phi) is 3.68.